The number of phenols is 1. The molecule has 25 heavy (non-hydrogen) atoms. The molecule has 0 radical (unpaired) electrons. The van der Waals surface area contributed by atoms with E-state index in [9.17, 15) is 9.90 Å². The van der Waals surface area contributed by atoms with Crippen LogP contribution >= 0.6 is 0 Å². The third kappa shape index (κ3) is 4.48. The molecule has 0 heterocycles. The number of ether oxygens (including phenoxy) is 1. The van der Waals surface area contributed by atoms with Crippen LogP contribution in [0.25, 0.3) is 0 Å². The van der Waals surface area contributed by atoms with E-state index in [0.29, 0.717) is 29.9 Å². The average molecular weight is 332 g/mol. The van der Waals surface area contributed by atoms with E-state index in [4.69, 9.17) is 4.74 Å². The highest BCUT2D eigenvalue weighted by Crippen LogP contribution is 2.31. The number of carbonyl (C=O) groups excluding carboxylic acids is 1. The summed E-state index contributed by atoms with van der Waals surface area (Å²) in [6.07, 6.45) is 1.09. The average Bonchev–Trinajstić information content (AvgIpc) is 2.63. The number of aryl methyl sites for hydroxylation is 2. The summed E-state index contributed by atoms with van der Waals surface area (Å²) >= 11 is 0. The molecule has 0 aliphatic rings. The van der Waals surface area contributed by atoms with Crippen LogP contribution in [0.5, 0.6) is 17.2 Å². The highest BCUT2D eigenvalue weighted by Gasteiger charge is 2.11. The molecule has 3 aromatic carbocycles. The van der Waals surface area contributed by atoms with Crippen LogP contribution in [0.4, 0.5) is 0 Å². The van der Waals surface area contributed by atoms with E-state index in [2.05, 4.69) is 0 Å². The molecular weight excluding hydrogens is 312 g/mol. The van der Waals surface area contributed by atoms with Crippen LogP contribution < -0.4 is 4.74 Å². The number of para-hydroxylation sites is 1. The second kappa shape index (κ2) is 7.67. The van der Waals surface area contributed by atoms with E-state index >= 15 is 0 Å². The van der Waals surface area contributed by atoms with Crippen LogP contribution in [0.15, 0.2) is 72.8 Å². The van der Waals surface area contributed by atoms with Crippen LogP contribution in [-0.4, -0.2) is 10.9 Å². The standard InChI is InChI=1S/C22H20O3/c1-16-7-9-17(10-8-16)11-13-20(23)18-12-14-22(21(24)15-18)25-19-5-3-2-4-6-19/h2-10,12,14-15,24H,11,13H2,1H3. The predicted molar refractivity (Wildman–Crippen MR) is 98.5 cm³/mol. The number of hydrogen-bond donors (Lipinski definition) is 1. The van der Waals surface area contributed by atoms with Crippen LogP contribution in [-0.2, 0) is 6.42 Å². The number of aromatic hydroxyl groups is 1. The third-order valence-electron chi connectivity index (χ3n) is 4.01. The zero-order valence-corrected chi connectivity index (χ0v) is 14.1. The van der Waals surface area contributed by atoms with Gasteiger partial charge in [-0.05, 0) is 49.2 Å². The predicted octanol–water partition coefficient (Wildman–Crippen LogP) is 5.31. The van der Waals surface area contributed by atoms with Crippen molar-refractivity contribution in [1.82, 2.24) is 0 Å². The first kappa shape index (κ1) is 16.8. The molecule has 0 unspecified atom stereocenters. The van der Waals surface area contributed by atoms with E-state index in [0.717, 1.165) is 5.56 Å². The molecule has 0 aliphatic carbocycles. The number of ketones is 1. The summed E-state index contributed by atoms with van der Waals surface area (Å²) < 4.78 is 5.62. The van der Waals surface area contributed by atoms with Crippen LogP contribution in [0.2, 0.25) is 0 Å². The Hall–Kier alpha value is -3.07. The maximum Gasteiger partial charge on any atom is 0.169 e. The fourth-order valence-corrected chi connectivity index (χ4v) is 2.55. The van der Waals surface area contributed by atoms with Gasteiger partial charge in [0, 0.05) is 12.0 Å². The molecule has 0 amide bonds. The Labute approximate surface area is 147 Å². The topological polar surface area (TPSA) is 46.5 Å². The maximum atomic E-state index is 12.4. The van der Waals surface area contributed by atoms with E-state index in [-0.39, 0.29) is 11.5 Å². The minimum Gasteiger partial charge on any atom is -0.504 e. The molecule has 3 nitrogen and oxygen atoms in total. The zero-order valence-electron chi connectivity index (χ0n) is 14.1. The van der Waals surface area contributed by atoms with Crippen molar-refractivity contribution in [3.8, 4) is 17.2 Å². The molecule has 0 atom stereocenters. The van der Waals surface area contributed by atoms with Crippen molar-refractivity contribution in [3.05, 3.63) is 89.5 Å². The van der Waals surface area contributed by atoms with Gasteiger partial charge in [0.05, 0.1) is 0 Å². The largest absolute Gasteiger partial charge is 0.504 e. The Bertz CT molecular complexity index is 852. The Morgan fingerprint density at radius 2 is 1.68 bits per heavy atom. The Morgan fingerprint density at radius 3 is 2.36 bits per heavy atom. The first-order valence-electron chi connectivity index (χ1n) is 8.26. The normalized spacial score (nSPS) is 10.4. The summed E-state index contributed by atoms with van der Waals surface area (Å²) in [6.45, 7) is 2.04. The molecule has 3 heteroatoms. The molecule has 3 aromatic rings. The molecule has 0 fully saturated rings. The number of phenolic OH excluding ortho intramolecular Hbond substituents is 1. The van der Waals surface area contributed by atoms with Crippen molar-refractivity contribution in [2.45, 2.75) is 19.8 Å². The Balaban J connectivity index is 1.65. The van der Waals surface area contributed by atoms with Gasteiger partial charge >= 0.3 is 0 Å². The van der Waals surface area contributed by atoms with Gasteiger partial charge in [-0.2, -0.15) is 0 Å². The minimum atomic E-state index is -0.0370. The van der Waals surface area contributed by atoms with E-state index in [1.165, 1.54) is 11.6 Å². The van der Waals surface area contributed by atoms with Gasteiger partial charge in [-0.3, -0.25) is 4.79 Å². The zero-order chi connectivity index (χ0) is 17.6. The van der Waals surface area contributed by atoms with Crippen molar-refractivity contribution in [2.75, 3.05) is 0 Å². The molecule has 1 N–H and O–H groups in total. The van der Waals surface area contributed by atoms with Gasteiger partial charge in [-0.15, -0.1) is 0 Å². The van der Waals surface area contributed by atoms with Gasteiger partial charge in [0.1, 0.15) is 5.75 Å². The number of Topliss-reactive ketones (excluding diaryl/α,β-unsaturated/α-hetero) is 1. The third-order valence-corrected chi connectivity index (χ3v) is 4.01. The van der Waals surface area contributed by atoms with Crippen molar-refractivity contribution >= 4 is 5.78 Å². The summed E-state index contributed by atoms with van der Waals surface area (Å²) in [5.41, 5.74) is 2.83. The molecule has 0 aliphatic heterocycles. The van der Waals surface area contributed by atoms with Crippen LogP contribution in [0.1, 0.15) is 27.9 Å². The Morgan fingerprint density at radius 1 is 0.960 bits per heavy atom. The molecule has 0 aromatic heterocycles. The van der Waals surface area contributed by atoms with Gasteiger partial charge in [0.2, 0.25) is 0 Å². The molecule has 0 saturated heterocycles. The summed E-state index contributed by atoms with van der Waals surface area (Å²) in [6, 6.07) is 22.2. The number of rotatable bonds is 6. The van der Waals surface area contributed by atoms with Crippen molar-refractivity contribution in [1.29, 1.82) is 0 Å². The summed E-state index contributed by atoms with van der Waals surface area (Å²) in [5, 5.41) is 10.1. The quantitative estimate of drug-likeness (QED) is 0.622. The van der Waals surface area contributed by atoms with Crippen molar-refractivity contribution < 1.29 is 14.6 Å². The van der Waals surface area contributed by atoms with E-state index in [1.807, 2.05) is 49.4 Å². The Kier molecular flexibility index (Phi) is 5.14. The number of benzene rings is 3. The first-order chi connectivity index (χ1) is 12.1. The van der Waals surface area contributed by atoms with Gasteiger partial charge in [-0.25, -0.2) is 0 Å². The van der Waals surface area contributed by atoms with Gasteiger partial charge in [0.25, 0.3) is 0 Å². The SMILES string of the molecule is Cc1ccc(CCC(=O)c2ccc(Oc3ccccc3)c(O)c2)cc1. The fraction of sp³-hybridized carbons (Fsp3) is 0.136. The van der Waals surface area contributed by atoms with E-state index < -0.39 is 0 Å². The van der Waals surface area contributed by atoms with Gasteiger partial charge in [0.15, 0.2) is 17.3 Å². The van der Waals surface area contributed by atoms with Crippen molar-refractivity contribution in [3.63, 3.8) is 0 Å². The lowest BCUT2D eigenvalue weighted by Crippen LogP contribution is -2.01. The smallest absolute Gasteiger partial charge is 0.169 e. The lowest BCUT2D eigenvalue weighted by Gasteiger charge is -2.09. The number of hydrogen-bond acceptors (Lipinski definition) is 3. The molecule has 3 rings (SSSR count). The molecule has 0 spiro atoms. The lowest BCUT2D eigenvalue weighted by atomic mass is 10.0. The molecule has 126 valence electrons. The summed E-state index contributed by atoms with van der Waals surface area (Å²) in [5.74, 6) is 0.935. The summed E-state index contributed by atoms with van der Waals surface area (Å²) in [4.78, 5) is 12.4. The van der Waals surface area contributed by atoms with E-state index in [1.54, 1.807) is 24.3 Å². The second-order valence-corrected chi connectivity index (χ2v) is 6.01. The lowest BCUT2D eigenvalue weighted by molar-refractivity contribution is 0.0982. The van der Waals surface area contributed by atoms with Gasteiger partial charge in [-0.1, -0.05) is 48.0 Å². The first-order valence-corrected chi connectivity index (χ1v) is 8.26. The highest BCUT2D eigenvalue weighted by molar-refractivity contribution is 5.96. The van der Waals surface area contributed by atoms with Crippen LogP contribution in [0.3, 0.4) is 0 Å². The monoisotopic (exact) mass is 332 g/mol. The molecular formula is C22H20O3. The molecule has 0 bridgehead atoms. The second-order valence-electron chi connectivity index (χ2n) is 6.01. The number of carbonyl (C=O) groups is 1. The highest BCUT2D eigenvalue weighted by atomic mass is 16.5. The fourth-order valence-electron chi connectivity index (χ4n) is 2.55. The van der Waals surface area contributed by atoms with Gasteiger partial charge < -0.3 is 9.84 Å². The summed E-state index contributed by atoms with van der Waals surface area (Å²) in [7, 11) is 0. The van der Waals surface area contributed by atoms with Crippen LogP contribution in [0, 0.1) is 6.92 Å². The minimum absolute atomic E-state index is 0.00198. The molecule has 0 saturated carbocycles. The maximum absolute atomic E-state index is 12.4. The van der Waals surface area contributed by atoms with Crippen molar-refractivity contribution in [2.24, 2.45) is 0 Å².